The molecular formula is C21H22N4O5S2. The molecule has 11 heteroatoms. The maximum Gasteiger partial charge on any atom is 0.264 e. The number of anilines is 2. The number of nitrogens with one attached hydrogen (secondary N) is 1. The molecule has 2 heterocycles. The van der Waals surface area contributed by atoms with Gasteiger partial charge in [0.2, 0.25) is 5.13 Å². The number of benzene rings is 2. The van der Waals surface area contributed by atoms with Crippen molar-refractivity contribution in [2.75, 3.05) is 29.9 Å². The minimum atomic E-state index is -3.81. The molecule has 3 aromatic rings. The number of fused-ring (bicyclic) bond motifs is 1. The molecule has 1 aromatic heterocycles. The molecular weight excluding hydrogens is 452 g/mol. The summed E-state index contributed by atoms with van der Waals surface area (Å²) in [7, 11) is -2.27. The van der Waals surface area contributed by atoms with Crippen molar-refractivity contribution in [1.82, 2.24) is 10.2 Å². The van der Waals surface area contributed by atoms with E-state index >= 15 is 0 Å². The van der Waals surface area contributed by atoms with Crippen molar-refractivity contribution in [3.05, 3.63) is 53.0 Å². The van der Waals surface area contributed by atoms with Crippen LogP contribution in [0.25, 0.3) is 0 Å². The van der Waals surface area contributed by atoms with Crippen LogP contribution in [0.3, 0.4) is 0 Å². The molecule has 0 atom stereocenters. The Morgan fingerprint density at radius 1 is 1.19 bits per heavy atom. The highest BCUT2D eigenvalue weighted by atomic mass is 32.2. The lowest BCUT2D eigenvalue weighted by molar-refractivity contribution is -0.120. The lowest BCUT2D eigenvalue weighted by atomic mass is 10.0. The summed E-state index contributed by atoms with van der Waals surface area (Å²) in [5.74, 6) is 0.822. The summed E-state index contributed by atoms with van der Waals surface area (Å²) in [5.41, 5.74) is 1.48. The van der Waals surface area contributed by atoms with Gasteiger partial charge in [0.15, 0.2) is 18.1 Å². The van der Waals surface area contributed by atoms with Crippen LogP contribution in [0.15, 0.2) is 47.4 Å². The number of carbonyl (C=O) groups excluding carboxylic acids is 1. The van der Waals surface area contributed by atoms with Gasteiger partial charge in [-0.2, -0.15) is 0 Å². The van der Waals surface area contributed by atoms with E-state index in [0.29, 0.717) is 35.2 Å². The highest BCUT2D eigenvalue weighted by Gasteiger charge is 2.26. The predicted molar refractivity (Wildman–Crippen MR) is 121 cm³/mol. The topological polar surface area (TPSA) is 111 Å². The van der Waals surface area contributed by atoms with Crippen LogP contribution in [-0.2, 0) is 21.2 Å². The first-order chi connectivity index (χ1) is 15.4. The van der Waals surface area contributed by atoms with Gasteiger partial charge in [0, 0.05) is 12.2 Å². The highest BCUT2D eigenvalue weighted by molar-refractivity contribution is 7.93. The van der Waals surface area contributed by atoms with Crippen molar-refractivity contribution >= 4 is 38.1 Å². The maximum atomic E-state index is 12.9. The fourth-order valence-electron chi connectivity index (χ4n) is 3.47. The van der Waals surface area contributed by atoms with Crippen molar-refractivity contribution in [3.63, 3.8) is 0 Å². The Labute approximate surface area is 190 Å². The lowest BCUT2D eigenvalue weighted by Crippen LogP contribution is -2.38. The van der Waals surface area contributed by atoms with Crippen molar-refractivity contribution in [2.45, 2.75) is 24.7 Å². The number of rotatable bonds is 7. The second-order valence-electron chi connectivity index (χ2n) is 7.11. The smallest absolute Gasteiger partial charge is 0.264 e. The van der Waals surface area contributed by atoms with Gasteiger partial charge in [0.05, 0.1) is 12.0 Å². The number of aromatic nitrogens is 2. The SMILES string of the molecule is COc1ccccc1OCC(=O)N1CCCc2cc(S(=O)(=O)Nc3nnc(C)s3)ccc21. The number of nitrogens with zero attached hydrogens (tertiary/aromatic N) is 3. The van der Waals surface area contributed by atoms with Crippen LogP contribution < -0.4 is 19.1 Å². The van der Waals surface area contributed by atoms with Crippen LogP contribution in [-0.4, -0.2) is 44.8 Å². The van der Waals surface area contributed by atoms with E-state index in [-0.39, 0.29) is 22.5 Å². The molecule has 1 aliphatic rings. The molecule has 1 amide bonds. The number of hydrogen-bond acceptors (Lipinski definition) is 8. The number of methoxy groups -OCH3 is 1. The number of carbonyl (C=O) groups is 1. The van der Waals surface area contributed by atoms with Gasteiger partial charge in [-0.15, -0.1) is 10.2 Å². The number of hydrogen-bond donors (Lipinski definition) is 1. The number of amides is 1. The Kier molecular flexibility index (Phi) is 6.28. The van der Waals surface area contributed by atoms with Crippen molar-refractivity contribution in [3.8, 4) is 11.5 Å². The van der Waals surface area contributed by atoms with E-state index in [1.807, 2.05) is 6.07 Å². The third kappa shape index (κ3) is 4.68. The monoisotopic (exact) mass is 474 g/mol. The summed E-state index contributed by atoms with van der Waals surface area (Å²) in [4.78, 5) is 14.6. The molecule has 0 bridgehead atoms. The minimum Gasteiger partial charge on any atom is -0.493 e. The van der Waals surface area contributed by atoms with Gasteiger partial charge in [-0.1, -0.05) is 23.5 Å². The minimum absolute atomic E-state index is 0.115. The molecule has 0 radical (unpaired) electrons. The van der Waals surface area contributed by atoms with Crippen LogP contribution in [0.5, 0.6) is 11.5 Å². The first-order valence-electron chi connectivity index (χ1n) is 9.89. The van der Waals surface area contributed by atoms with E-state index in [9.17, 15) is 13.2 Å². The summed E-state index contributed by atoms with van der Waals surface area (Å²) in [6.07, 6.45) is 1.40. The van der Waals surface area contributed by atoms with Crippen LogP contribution in [0.4, 0.5) is 10.8 Å². The summed E-state index contributed by atoms with van der Waals surface area (Å²) in [6, 6.07) is 11.9. The fraction of sp³-hybridized carbons (Fsp3) is 0.286. The number of para-hydroxylation sites is 2. The normalized spacial score (nSPS) is 13.4. The van der Waals surface area contributed by atoms with Crippen molar-refractivity contribution < 1.29 is 22.7 Å². The van der Waals surface area contributed by atoms with E-state index in [0.717, 1.165) is 23.3 Å². The second kappa shape index (κ2) is 9.13. The average Bonchev–Trinajstić information content (AvgIpc) is 3.20. The molecule has 0 saturated carbocycles. The number of sulfonamides is 1. The molecule has 0 aliphatic carbocycles. The van der Waals surface area contributed by atoms with E-state index in [4.69, 9.17) is 9.47 Å². The summed E-state index contributed by atoms with van der Waals surface area (Å²) < 4.78 is 38.9. The van der Waals surface area contributed by atoms with E-state index in [2.05, 4.69) is 14.9 Å². The molecule has 2 aromatic carbocycles. The maximum absolute atomic E-state index is 12.9. The molecule has 0 fully saturated rings. The van der Waals surface area contributed by atoms with Gasteiger partial charge in [-0.25, -0.2) is 8.42 Å². The average molecular weight is 475 g/mol. The van der Waals surface area contributed by atoms with Crippen LogP contribution in [0, 0.1) is 6.92 Å². The van der Waals surface area contributed by atoms with Crippen molar-refractivity contribution in [1.29, 1.82) is 0 Å². The fourth-order valence-corrected chi connectivity index (χ4v) is 5.34. The Hall–Kier alpha value is -3.18. The summed E-state index contributed by atoms with van der Waals surface area (Å²) >= 11 is 1.16. The number of aryl methyl sites for hydroxylation is 2. The molecule has 9 nitrogen and oxygen atoms in total. The molecule has 1 aliphatic heterocycles. The molecule has 0 saturated heterocycles. The van der Waals surface area contributed by atoms with Gasteiger partial charge in [-0.3, -0.25) is 9.52 Å². The molecule has 0 unspecified atom stereocenters. The number of ether oxygens (including phenoxy) is 2. The molecule has 32 heavy (non-hydrogen) atoms. The molecule has 4 rings (SSSR count). The van der Waals surface area contributed by atoms with Gasteiger partial charge in [-0.05, 0) is 55.7 Å². The quantitative estimate of drug-likeness (QED) is 0.560. The largest absolute Gasteiger partial charge is 0.493 e. The van der Waals surface area contributed by atoms with E-state index in [1.54, 1.807) is 42.2 Å². The molecule has 0 spiro atoms. The van der Waals surface area contributed by atoms with E-state index < -0.39 is 10.0 Å². The lowest BCUT2D eigenvalue weighted by Gasteiger charge is -2.30. The molecule has 1 N–H and O–H groups in total. The second-order valence-corrected chi connectivity index (χ2v) is 9.97. The van der Waals surface area contributed by atoms with Gasteiger partial charge in [0.25, 0.3) is 15.9 Å². The predicted octanol–water partition coefficient (Wildman–Crippen LogP) is 3.01. The van der Waals surface area contributed by atoms with Gasteiger partial charge >= 0.3 is 0 Å². The first-order valence-corrected chi connectivity index (χ1v) is 12.2. The van der Waals surface area contributed by atoms with Crippen molar-refractivity contribution in [2.24, 2.45) is 0 Å². The Bertz CT molecular complexity index is 1240. The van der Waals surface area contributed by atoms with E-state index in [1.165, 1.54) is 13.2 Å². The summed E-state index contributed by atoms with van der Waals surface area (Å²) in [5, 5.41) is 8.51. The Balaban J connectivity index is 1.50. The van der Waals surface area contributed by atoms with Gasteiger partial charge in [0.1, 0.15) is 5.01 Å². The zero-order valence-corrected chi connectivity index (χ0v) is 19.2. The molecule has 168 valence electrons. The third-order valence-electron chi connectivity index (χ3n) is 4.95. The first kappa shape index (κ1) is 22.0. The standard InChI is InChI=1S/C21H22N4O5S2/c1-14-22-23-21(31-14)24-32(27,28)16-9-10-17-15(12-16)6-5-11-25(17)20(26)13-30-19-8-4-3-7-18(19)29-2/h3-4,7-10,12H,5-6,11,13H2,1-2H3,(H,23,24). The van der Waals surface area contributed by atoms with Gasteiger partial charge < -0.3 is 14.4 Å². The zero-order valence-electron chi connectivity index (χ0n) is 17.6. The highest BCUT2D eigenvalue weighted by Crippen LogP contribution is 2.31. The van der Waals surface area contributed by atoms with Crippen LogP contribution >= 0.6 is 11.3 Å². The summed E-state index contributed by atoms with van der Waals surface area (Å²) in [6.45, 7) is 2.13. The van der Waals surface area contributed by atoms with Crippen LogP contribution in [0.1, 0.15) is 17.0 Å². The Morgan fingerprint density at radius 2 is 1.97 bits per heavy atom. The third-order valence-corrected chi connectivity index (χ3v) is 7.17. The zero-order chi connectivity index (χ0) is 22.7. The van der Waals surface area contributed by atoms with Crippen LogP contribution in [0.2, 0.25) is 0 Å². The Morgan fingerprint density at radius 3 is 2.69 bits per heavy atom.